The van der Waals surface area contributed by atoms with Crippen molar-refractivity contribution in [3.8, 4) is 0 Å². The van der Waals surface area contributed by atoms with Crippen molar-refractivity contribution in [3.05, 3.63) is 23.8 Å². The second-order valence-corrected chi connectivity index (χ2v) is 12.7. The van der Waals surface area contributed by atoms with Gasteiger partial charge in [0.25, 0.3) is 0 Å². The van der Waals surface area contributed by atoms with Crippen LogP contribution in [-0.4, -0.2) is 108 Å². The van der Waals surface area contributed by atoms with Crippen molar-refractivity contribution in [1.82, 2.24) is 0 Å². The first-order chi connectivity index (χ1) is 14.6. The summed E-state index contributed by atoms with van der Waals surface area (Å²) >= 11 is 14.4. The number of carbonyl (C=O) groups is 2. The summed E-state index contributed by atoms with van der Waals surface area (Å²) in [7, 11) is -4.87. The molecular weight excluding hydrogens is 524 g/mol. The Morgan fingerprint density at radius 1 is 1.26 bits per heavy atom. The second kappa shape index (κ2) is 10.2. The molecule has 0 aromatic rings. The van der Waals surface area contributed by atoms with Crippen molar-refractivity contribution >= 4 is 102 Å². The number of phosphoric ester groups is 1. The third-order valence-electron chi connectivity index (χ3n) is 8.97. The zero-order chi connectivity index (χ0) is 23.9. The van der Waals surface area contributed by atoms with E-state index in [9.17, 15) is 19.3 Å². The molecule has 0 amide bonds. The predicted octanol–water partition coefficient (Wildman–Crippen LogP) is 2.77. The van der Waals surface area contributed by atoms with E-state index in [1.54, 1.807) is 13.0 Å². The van der Waals surface area contributed by atoms with Crippen molar-refractivity contribution in [2.24, 2.45) is 28.6 Å². The van der Waals surface area contributed by atoms with Crippen molar-refractivity contribution in [2.45, 2.75) is 62.3 Å². The molecule has 3 saturated carbocycles. The van der Waals surface area contributed by atoms with Gasteiger partial charge in [-0.15, -0.1) is 23.2 Å². The molecule has 0 aromatic heterocycles. The Kier molecular flexibility index (Phi) is 9.52. The van der Waals surface area contributed by atoms with E-state index in [-0.39, 0.29) is 83.2 Å². The van der Waals surface area contributed by atoms with Gasteiger partial charge < -0.3 is 14.9 Å². The maximum atomic E-state index is 13.1. The van der Waals surface area contributed by atoms with E-state index in [0.717, 1.165) is 5.57 Å². The molecule has 0 aliphatic heterocycles. The minimum atomic E-state index is -4.87. The molecule has 7 nitrogen and oxygen atoms in total. The first-order valence-corrected chi connectivity index (χ1v) is 13.2. The molecule has 12 heteroatoms. The van der Waals surface area contributed by atoms with Crippen molar-refractivity contribution in [3.63, 3.8) is 0 Å². The van der Waals surface area contributed by atoms with E-state index in [0.29, 0.717) is 19.3 Å². The van der Waals surface area contributed by atoms with Gasteiger partial charge in [-0.1, -0.05) is 32.4 Å². The smallest absolute Gasteiger partial charge is 0.381 e. The summed E-state index contributed by atoms with van der Waals surface area (Å²) in [4.78, 5) is 42.2. The SMILES string of the molecule is C[C@@H]1C[C@H]2[C@@H]3CCC4=CC(=O)C=C[C@]4(C)[C@@]3(Cl)[C@@H](Cl)C[C@]2(C)[C@@]1(O)C(=O)COP(=O)(O)O.[Na].[Na]. The molecule has 0 bridgehead atoms. The quantitative estimate of drug-likeness (QED) is 0.278. The number of carbonyl (C=O) groups excluding carboxylic acids is 2. The van der Waals surface area contributed by atoms with Crippen molar-refractivity contribution in [2.75, 3.05) is 6.61 Å². The van der Waals surface area contributed by atoms with Crippen molar-refractivity contribution < 1.29 is 33.6 Å². The van der Waals surface area contributed by atoms with Crippen LogP contribution in [0.4, 0.5) is 0 Å². The van der Waals surface area contributed by atoms with Gasteiger partial charge >= 0.3 is 7.82 Å². The van der Waals surface area contributed by atoms with Crippen molar-refractivity contribution in [1.29, 1.82) is 0 Å². The van der Waals surface area contributed by atoms with E-state index in [1.807, 2.05) is 19.9 Å². The average molecular weight is 553 g/mol. The number of Topliss-reactive ketones (excluding diaryl/α,β-unsaturated/α-hetero) is 1. The van der Waals surface area contributed by atoms with E-state index in [4.69, 9.17) is 33.0 Å². The molecule has 0 aromatic carbocycles. The summed E-state index contributed by atoms with van der Waals surface area (Å²) in [6.45, 7) is 4.72. The fourth-order valence-corrected chi connectivity index (χ4v) is 8.85. The van der Waals surface area contributed by atoms with Crippen LogP contribution in [0.1, 0.15) is 46.5 Å². The molecule has 34 heavy (non-hydrogen) atoms. The number of halogens is 2. The molecule has 180 valence electrons. The Bertz CT molecular complexity index is 986. The molecular formula is C22H29Cl2Na2O7P. The number of hydrogen-bond donors (Lipinski definition) is 3. The van der Waals surface area contributed by atoms with Crippen LogP contribution in [0.15, 0.2) is 23.8 Å². The maximum Gasteiger partial charge on any atom is 0.470 e. The molecule has 2 radical (unpaired) electrons. The minimum absolute atomic E-state index is 0. The van der Waals surface area contributed by atoms with E-state index < -0.39 is 52.8 Å². The molecule has 4 aliphatic carbocycles. The molecule has 0 spiro atoms. The zero-order valence-corrected chi connectivity index (χ0v) is 26.7. The number of ketones is 2. The number of fused-ring (bicyclic) bond motifs is 5. The van der Waals surface area contributed by atoms with Crippen LogP contribution in [0, 0.1) is 28.6 Å². The van der Waals surface area contributed by atoms with Crippen LogP contribution in [0.5, 0.6) is 0 Å². The fraction of sp³-hybridized carbons (Fsp3) is 0.727. The Morgan fingerprint density at radius 2 is 1.88 bits per heavy atom. The Morgan fingerprint density at radius 3 is 2.47 bits per heavy atom. The Labute approximate surface area is 254 Å². The third kappa shape index (κ3) is 4.41. The van der Waals surface area contributed by atoms with E-state index in [1.165, 1.54) is 6.08 Å². The topological polar surface area (TPSA) is 121 Å². The van der Waals surface area contributed by atoms with E-state index in [2.05, 4.69) is 4.52 Å². The zero-order valence-electron chi connectivity index (χ0n) is 20.3. The van der Waals surface area contributed by atoms with Gasteiger partial charge in [0, 0.05) is 69.9 Å². The van der Waals surface area contributed by atoms with Crippen LogP contribution in [0.2, 0.25) is 0 Å². The van der Waals surface area contributed by atoms with Crippen LogP contribution in [-0.2, 0) is 18.7 Å². The fourth-order valence-electron chi connectivity index (χ4n) is 7.33. The molecule has 3 N–H and O–H groups in total. The van der Waals surface area contributed by atoms with Gasteiger partial charge in [-0.05, 0) is 55.6 Å². The molecule has 3 fully saturated rings. The summed E-state index contributed by atoms with van der Waals surface area (Å²) in [5, 5.41) is 11.1. The standard InChI is InChI=1S/C22H29Cl2O7P.2Na/c1-12-8-16-15-5-4-13-9-14(25)6-7-19(13,2)21(15,24)17(23)10-20(16,3)22(12,27)18(26)11-31-32(28,29)30;;/h6-7,9,12,15-17,27H,4-5,8,10-11H2,1-3H3,(H2,28,29,30);;/t12-,15+,16+,17+,19+,20+,21+,22+;;/m1../s1. The summed E-state index contributed by atoms with van der Waals surface area (Å²) in [5.41, 5.74) is -2.47. The summed E-state index contributed by atoms with van der Waals surface area (Å²) in [6.07, 6.45) is 7.14. The monoisotopic (exact) mass is 552 g/mol. The van der Waals surface area contributed by atoms with Gasteiger partial charge in [0.2, 0.25) is 0 Å². The normalized spacial score (nSPS) is 45.2. The van der Waals surface area contributed by atoms with Crippen LogP contribution < -0.4 is 0 Å². The van der Waals surface area contributed by atoms with Gasteiger partial charge in [-0.3, -0.25) is 14.1 Å². The Hall–Kier alpha value is 1.47. The van der Waals surface area contributed by atoms with Gasteiger partial charge in [0.15, 0.2) is 11.6 Å². The minimum Gasteiger partial charge on any atom is -0.381 e. The number of phosphoric acid groups is 1. The van der Waals surface area contributed by atoms with Gasteiger partial charge in [-0.2, -0.15) is 0 Å². The number of allylic oxidation sites excluding steroid dienone is 4. The molecule has 0 heterocycles. The molecule has 4 aliphatic rings. The predicted molar refractivity (Wildman–Crippen MR) is 131 cm³/mol. The number of aliphatic hydroxyl groups is 1. The van der Waals surface area contributed by atoms with Gasteiger partial charge in [0.1, 0.15) is 12.2 Å². The third-order valence-corrected chi connectivity index (χ3v) is 11.0. The maximum absolute atomic E-state index is 13.1. The molecule has 0 saturated heterocycles. The second-order valence-electron chi connectivity index (χ2n) is 10.3. The molecule has 8 atom stereocenters. The first kappa shape index (κ1) is 31.7. The van der Waals surface area contributed by atoms with Gasteiger partial charge in [0.05, 0.1) is 10.3 Å². The van der Waals surface area contributed by atoms with Crippen LogP contribution >= 0.6 is 31.0 Å². The number of hydrogen-bond acceptors (Lipinski definition) is 5. The summed E-state index contributed by atoms with van der Waals surface area (Å²) < 4.78 is 15.6. The summed E-state index contributed by atoms with van der Waals surface area (Å²) in [5.74, 6) is -1.56. The summed E-state index contributed by atoms with van der Waals surface area (Å²) in [6, 6.07) is 0. The number of alkyl halides is 2. The Balaban J connectivity index is 0.00000204. The average Bonchev–Trinajstić information content (AvgIpc) is 2.89. The van der Waals surface area contributed by atoms with Gasteiger partial charge in [-0.25, -0.2) is 4.57 Å². The molecule has 0 unspecified atom stereocenters. The van der Waals surface area contributed by atoms with Crippen LogP contribution in [0.3, 0.4) is 0 Å². The van der Waals surface area contributed by atoms with Crippen LogP contribution in [0.25, 0.3) is 0 Å². The van der Waals surface area contributed by atoms with E-state index >= 15 is 0 Å². The molecule has 4 rings (SSSR count). The first-order valence-electron chi connectivity index (χ1n) is 10.8. The largest absolute Gasteiger partial charge is 0.470 e. The number of rotatable bonds is 4.